The first kappa shape index (κ1) is 16.1. The average Bonchev–Trinajstić information content (AvgIpc) is 2.89. The minimum absolute atomic E-state index is 0.0397. The van der Waals surface area contributed by atoms with E-state index in [0.717, 1.165) is 32.5 Å². The van der Waals surface area contributed by atoms with Gasteiger partial charge in [-0.25, -0.2) is 0 Å². The molecule has 4 nitrogen and oxygen atoms in total. The number of hydrogen-bond acceptors (Lipinski definition) is 4. The van der Waals surface area contributed by atoms with Crippen molar-refractivity contribution in [1.29, 1.82) is 0 Å². The van der Waals surface area contributed by atoms with Crippen LogP contribution in [0.15, 0.2) is 24.3 Å². The Morgan fingerprint density at radius 2 is 2.25 bits per heavy atom. The first-order valence-corrected chi connectivity index (χ1v) is 9.57. The van der Waals surface area contributed by atoms with Crippen molar-refractivity contribution >= 4 is 27.3 Å². The van der Waals surface area contributed by atoms with Crippen molar-refractivity contribution in [1.82, 2.24) is 10.2 Å². The van der Waals surface area contributed by atoms with Gasteiger partial charge in [0.2, 0.25) is 5.91 Å². The molecule has 2 saturated heterocycles. The van der Waals surface area contributed by atoms with E-state index in [0.29, 0.717) is 13.0 Å². The lowest BCUT2D eigenvalue weighted by molar-refractivity contribution is -0.149. The van der Waals surface area contributed by atoms with Gasteiger partial charge in [-0.3, -0.25) is 9.69 Å². The van der Waals surface area contributed by atoms with E-state index in [1.54, 1.807) is 0 Å². The zero-order chi connectivity index (χ0) is 16.7. The molecule has 0 radical (unpaired) electrons. The van der Waals surface area contributed by atoms with E-state index < -0.39 is 11.5 Å². The lowest BCUT2D eigenvalue weighted by Crippen LogP contribution is -2.61. The van der Waals surface area contributed by atoms with Crippen molar-refractivity contribution in [3.05, 3.63) is 34.7 Å². The second-order valence-electron chi connectivity index (χ2n) is 7.16. The average molecular weight is 344 g/mol. The maximum Gasteiger partial charge on any atom is 0.230 e. The molecule has 0 unspecified atom stereocenters. The third-order valence-corrected chi connectivity index (χ3v) is 6.81. The summed E-state index contributed by atoms with van der Waals surface area (Å²) < 4.78 is 1.33. The SMILES string of the molecule is Cc1sc2ccccc2c1CN1CC[C@@H](O)[C@@]2(CCCNC2=O)C1. The summed E-state index contributed by atoms with van der Waals surface area (Å²) in [5.74, 6) is 0.0397. The van der Waals surface area contributed by atoms with E-state index in [2.05, 4.69) is 41.4 Å². The van der Waals surface area contributed by atoms with Gasteiger partial charge in [-0.1, -0.05) is 18.2 Å². The van der Waals surface area contributed by atoms with Crippen molar-refractivity contribution in [2.24, 2.45) is 5.41 Å². The number of aliphatic hydroxyl groups is 1. The topological polar surface area (TPSA) is 52.6 Å². The van der Waals surface area contributed by atoms with Gasteiger partial charge in [0.15, 0.2) is 0 Å². The van der Waals surface area contributed by atoms with Gasteiger partial charge in [0.1, 0.15) is 0 Å². The second-order valence-corrected chi connectivity index (χ2v) is 8.42. The summed E-state index contributed by atoms with van der Waals surface area (Å²) in [5, 5.41) is 14.8. The van der Waals surface area contributed by atoms with Crippen LogP contribution < -0.4 is 5.32 Å². The van der Waals surface area contributed by atoms with E-state index >= 15 is 0 Å². The molecule has 3 heterocycles. The summed E-state index contributed by atoms with van der Waals surface area (Å²) >= 11 is 1.84. The highest BCUT2D eigenvalue weighted by Crippen LogP contribution is 2.39. The van der Waals surface area contributed by atoms with Gasteiger partial charge in [0.25, 0.3) is 0 Å². The second kappa shape index (κ2) is 6.14. The quantitative estimate of drug-likeness (QED) is 0.881. The molecule has 1 amide bonds. The van der Waals surface area contributed by atoms with Gasteiger partial charge in [0.05, 0.1) is 11.5 Å². The van der Waals surface area contributed by atoms with Crippen molar-refractivity contribution in [2.45, 2.75) is 38.8 Å². The molecule has 2 aromatic rings. The van der Waals surface area contributed by atoms with Crippen molar-refractivity contribution in [3.8, 4) is 0 Å². The molecule has 1 spiro atoms. The molecule has 1 aromatic carbocycles. The van der Waals surface area contributed by atoms with E-state index in [9.17, 15) is 9.90 Å². The van der Waals surface area contributed by atoms with Crippen LogP contribution >= 0.6 is 11.3 Å². The summed E-state index contributed by atoms with van der Waals surface area (Å²) in [4.78, 5) is 16.2. The van der Waals surface area contributed by atoms with E-state index in [1.165, 1.54) is 20.5 Å². The molecule has 2 aliphatic rings. The molecular weight excluding hydrogens is 320 g/mol. The molecule has 0 bridgehead atoms. The molecular formula is C19H24N2O2S. The lowest BCUT2D eigenvalue weighted by Gasteiger charge is -2.47. The number of carbonyl (C=O) groups excluding carboxylic acids is 1. The number of thiophene rings is 1. The van der Waals surface area contributed by atoms with Gasteiger partial charge in [-0.05, 0) is 43.2 Å². The minimum atomic E-state index is -0.615. The fourth-order valence-corrected chi connectivity index (χ4v) is 5.38. The van der Waals surface area contributed by atoms with Crippen molar-refractivity contribution in [3.63, 3.8) is 0 Å². The normalized spacial score (nSPS) is 28.4. The molecule has 2 atom stereocenters. The number of nitrogens with zero attached hydrogens (tertiary/aromatic N) is 1. The molecule has 2 aliphatic heterocycles. The maximum atomic E-state index is 12.5. The Labute approximate surface area is 146 Å². The van der Waals surface area contributed by atoms with Crippen LogP contribution in [-0.2, 0) is 11.3 Å². The van der Waals surface area contributed by atoms with Crippen LogP contribution in [0.2, 0.25) is 0 Å². The minimum Gasteiger partial charge on any atom is -0.392 e. The highest BCUT2D eigenvalue weighted by molar-refractivity contribution is 7.19. The zero-order valence-electron chi connectivity index (χ0n) is 14.0. The van der Waals surface area contributed by atoms with E-state index in [1.807, 2.05) is 11.3 Å². The predicted molar refractivity (Wildman–Crippen MR) is 97.1 cm³/mol. The number of rotatable bonds is 2. The van der Waals surface area contributed by atoms with Gasteiger partial charge >= 0.3 is 0 Å². The first-order chi connectivity index (χ1) is 11.6. The number of likely N-dealkylation sites (tertiary alicyclic amines) is 1. The van der Waals surface area contributed by atoms with Crippen LogP contribution in [0, 0.1) is 12.3 Å². The Morgan fingerprint density at radius 3 is 3.08 bits per heavy atom. The van der Waals surface area contributed by atoms with Crippen LogP contribution in [0.3, 0.4) is 0 Å². The molecule has 0 aliphatic carbocycles. The van der Waals surface area contributed by atoms with Gasteiger partial charge < -0.3 is 10.4 Å². The highest BCUT2D eigenvalue weighted by Gasteiger charge is 2.49. The molecule has 128 valence electrons. The molecule has 4 rings (SSSR count). The monoisotopic (exact) mass is 344 g/mol. The van der Waals surface area contributed by atoms with E-state index in [-0.39, 0.29) is 5.91 Å². The Hall–Kier alpha value is -1.43. The smallest absolute Gasteiger partial charge is 0.230 e. The van der Waals surface area contributed by atoms with Gasteiger partial charge in [-0.2, -0.15) is 0 Å². The maximum absolute atomic E-state index is 12.5. The predicted octanol–water partition coefficient (Wildman–Crippen LogP) is 2.67. The number of aryl methyl sites for hydroxylation is 1. The Kier molecular flexibility index (Phi) is 4.11. The Morgan fingerprint density at radius 1 is 1.42 bits per heavy atom. The van der Waals surface area contributed by atoms with Crippen molar-refractivity contribution in [2.75, 3.05) is 19.6 Å². The van der Waals surface area contributed by atoms with Crippen molar-refractivity contribution < 1.29 is 9.90 Å². The Bertz CT molecular complexity index is 772. The summed E-state index contributed by atoms with van der Waals surface area (Å²) in [5.41, 5.74) is 0.759. The van der Waals surface area contributed by atoms with Crippen LogP contribution in [-0.4, -0.2) is 41.7 Å². The zero-order valence-corrected chi connectivity index (χ0v) is 14.9. The third kappa shape index (κ3) is 2.55. The standard InChI is InChI=1S/C19H24N2O2S/c1-13-15(14-5-2-3-6-16(14)24-13)11-21-10-7-17(22)19(12-21)8-4-9-20-18(19)23/h2-3,5-6,17,22H,4,7-12H2,1H3,(H,20,23)/t17-,19-/m1/s1. The number of piperidine rings is 2. The van der Waals surface area contributed by atoms with Crippen LogP contribution in [0.1, 0.15) is 29.7 Å². The molecule has 1 aromatic heterocycles. The third-order valence-electron chi connectivity index (χ3n) is 5.68. The summed E-state index contributed by atoms with van der Waals surface area (Å²) in [7, 11) is 0. The fraction of sp³-hybridized carbons (Fsp3) is 0.526. The summed E-state index contributed by atoms with van der Waals surface area (Å²) in [6, 6.07) is 8.54. The number of aliphatic hydroxyl groups excluding tert-OH is 1. The Balaban J connectivity index is 1.61. The molecule has 0 saturated carbocycles. The lowest BCUT2D eigenvalue weighted by atomic mass is 9.71. The molecule has 24 heavy (non-hydrogen) atoms. The number of fused-ring (bicyclic) bond motifs is 1. The molecule has 2 fully saturated rings. The highest BCUT2D eigenvalue weighted by atomic mass is 32.1. The van der Waals surface area contributed by atoms with Crippen LogP contribution in [0.5, 0.6) is 0 Å². The number of hydrogen-bond donors (Lipinski definition) is 2. The van der Waals surface area contributed by atoms with Crippen LogP contribution in [0.4, 0.5) is 0 Å². The van der Waals surface area contributed by atoms with Gasteiger partial charge in [-0.15, -0.1) is 11.3 Å². The first-order valence-electron chi connectivity index (χ1n) is 8.76. The van der Waals surface area contributed by atoms with E-state index in [4.69, 9.17) is 0 Å². The molecule has 2 N–H and O–H groups in total. The number of amides is 1. The molecule has 5 heteroatoms. The summed E-state index contributed by atoms with van der Waals surface area (Å²) in [6.07, 6.45) is 1.90. The number of nitrogens with one attached hydrogen (secondary N) is 1. The van der Waals surface area contributed by atoms with Gasteiger partial charge in [0, 0.05) is 35.8 Å². The summed E-state index contributed by atoms with van der Waals surface area (Å²) in [6.45, 7) is 5.28. The number of carbonyl (C=O) groups is 1. The van der Waals surface area contributed by atoms with Crippen LogP contribution in [0.25, 0.3) is 10.1 Å². The number of benzene rings is 1. The fourth-order valence-electron chi connectivity index (χ4n) is 4.30. The largest absolute Gasteiger partial charge is 0.392 e.